The second-order valence-electron chi connectivity index (χ2n) is 4.82. The summed E-state index contributed by atoms with van der Waals surface area (Å²) in [6.07, 6.45) is 1.51. The maximum atomic E-state index is 11.4. The van der Waals surface area contributed by atoms with E-state index in [-0.39, 0.29) is 18.4 Å². The number of hydrogen-bond donors (Lipinski definition) is 1. The molecule has 0 fully saturated rings. The number of esters is 1. The van der Waals surface area contributed by atoms with Crippen LogP contribution in [0.25, 0.3) is 0 Å². The van der Waals surface area contributed by atoms with Crippen LogP contribution in [0.15, 0.2) is 0 Å². The highest BCUT2D eigenvalue weighted by Gasteiger charge is 2.13. The normalized spacial score (nSPS) is 12.1. The average molecular weight is 259 g/mol. The van der Waals surface area contributed by atoms with E-state index in [1.54, 1.807) is 6.92 Å². The first kappa shape index (κ1) is 16.7. The van der Waals surface area contributed by atoms with Crippen molar-refractivity contribution in [1.29, 1.82) is 0 Å². The largest absolute Gasteiger partial charge is 0.465 e. The van der Waals surface area contributed by atoms with E-state index in [1.807, 2.05) is 20.8 Å². The van der Waals surface area contributed by atoms with Crippen molar-refractivity contribution < 1.29 is 19.1 Å². The van der Waals surface area contributed by atoms with Gasteiger partial charge >= 0.3 is 12.1 Å². The Labute approximate surface area is 109 Å². The van der Waals surface area contributed by atoms with Gasteiger partial charge in [-0.25, -0.2) is 4.79 Å². The van der Waals surface area contributed by atoms with Gasteiger partial charge in [0.1, 0.15) is 0 Å². The van der Waals surface area contributed by atoms with Gasteiger partial charge in [0.25, 0.3) is 0 Å². The maximum Gasteiger partial charge on any atom is 0.407 e. The number of carbonyl (C=O) groups is 2. The zero-order valence-corrected chi connectivity index (χ0v) is 11.8. The summed E-state index contributed by atoms with van der Waals surface area (Å²) in [7, 11) is 0. The lowest BCUT2D eigenvalue weighted by Gasteiger charge is -2.14. The summed E-state index contributed by atoms with van der Waals surface area (Å²) in [4.78, 5) is 22.7. The van der Waals surface area contributed by atoms with Crippen molar-refractivity contribution in [2.45, 2.75) is 53.0 Å². The van der Waals surface area contributed by atoms with Crippen molar-refractivity contribution in [3.05, 3.63) is 0 Å². The minimum Gasteiger partial charge on any atom is -0.465 e. The summed E-state index contributed by atoms with van der Waals surface area (Å²) < 4.78 is 9.95. The first-order chi connectivity index (χ1) is 8.45. The standard InChI is InChI=1S/C13H25NO4/c1-5-6-7-17-13(16)14-11(4)8-12(15)18-9-10(2)3/h10-11H,5-9H2,1-4H3,(H,14,16). The molecule has 0 radical (unpaired) electrons. The number of unbranched alkanes of at least 4 members (excludes halogenated alkanes) is 1. The van der Waals surface area contributed by atoms with E-state index in [2.05, 4.69) is 5.32 Å². The number of carbonyl (C=O) groups excluding carboxylic acids is 2. The van der Waals surface area contributed by atoms with Crippen LogP contribution < -0.4 is 5.32 Å². The molecule has 106 valence electrons. The Morgan fingerprint density at radius 1 is 1.17 bits per heavy atom. The van der Waals surface area contributed by atoms with Crippen molar-refractivity contribution >= 4 is 12.1 Å². The summed E-state index contributed by atoms with van der Waals surface area (Å²) in [5.74, 6) is 0.0151. The average Bonchev–Trinajstić information content (AvgIpc) is 2.26. The van der Waals surface area contributed by atoms with Gasteiger partial charge in [-0.2, -0.15) is 0 Å². The van der Waals surface area contributed by atoms with E-state index in [1.165, 1.54) is 0 Å². The van der Waals surface area contributed by atoms with Crippen LogP contribution in [0.4, 0.5) is 4.79 Å². The topological polar surface area (TPSA) is 64.6 Å². The van der Waals surface area contributed by atoms with Crippen LogP contribution in [-0.2, 0) is 14.3 Å². The molecule has 5 heteroatoms. The quantitative estimate of drug-likeness (QED) is 0.537. The molecule has 0 aliphatic heterocycles. The molecule has 1 unspecified atom stereocenters. The number of hydrogen-bond acceptors (Lipinski definition) is 4. The van der Waals surface area contributed by atoms with Crippen LogP contribution in [0.5, 0.6) is 0 Å². The Hall–Kier alpha value is -1.26. The summed E-state index contributed by atoms with van der Waals surface area (Å²) in [5.41, 5.74) is 0. The molecule has 1 atom stereocenters. The number of amides is 1. The molecule has 0 saturated carbocycles. The van der Waals surface area contributed by atoms with E-state index in [0.717, 1.165) is 12.8 Å². The van der Waals surface area contributed by atoms with Crippen LogP contribution in [0.2, 0.25) is 0 Å². The Kier molecular flexibility index (Phi) is 9.06. The smallest absolute Gasteiger partial charge is 0.407 e. The molecule has 0 aliphatic rings. The Morgan fingerprint density at radius 3 is 2.39 bits per heavy atom. The minimum atomic E-state index is -0.479. The third-order valence-corrected chi connectivity index (χ3v) is 2.15. The number of rotatable bonds is 8. The van der Waals surface area contributed by atoms with Crippen LogP contribution in [0, 0.1) is 5.92 Å². The van der Waals surface area contributed by atoms with Gasteiger partial charge < -0.3 is 14.8 Å². The Morgan fingerprint density at radius 2 is 1.83 bits per heavy atom. The van der Waals surface area contributed by atoms with Gasteiger partial charge in [-0.1, -0.05) is 27.2 Å². The highest BCUT2D eigenvalue weighted by atomic mass is 16.5. The van der Waals surface area contributed by atoms with Gasteiger partial charge in [0.05, 0.1) is 19.6 Å². The van der Waals surface area contributed by atoms with E-state index in [4.69, 9.17) is 9.47 Å². The molecule has 5 nitrogen and oxygen atoms in total. The molecule has 0 saturated heterocycles. The molecule has 0 rings (SSSR count). The summed E-state index contributed by atoms with van der Waals surface area (Å²) >= 11 is 0. The van der Waals surface area contributed by atoms with Crippen molar-refractivity contribution in [3.63, 3.8) is 0 Å². The van der Waals surface area contributed by atoms with Crippen LogP contribution in [0.1, 0.15) is 47.0 Å². The van der Waals surface area contributed by atoms with Gasteiger partial charge in [-0.15, -0.1) is 0 Å². The van der Waals surface area contributed by atoms with Crippen LogP contribution >= 0.6 is 0 Å². The lowest BCUT2D eigenvalue weighted by Crippen LogP contribution is -2.35. The minimum absolute atomic E-state index is 0.162. The first-order valence-corrected chi connectivity index (χ1v) is 6.54. The predicted octanol–water partition coefficient (Wildman–Crippen LogP) is 2.49. The van der Waals surface area contributed by atoms with E-state index in [9.17, 15) is 9.59 Å². The zero-order chi connectivity index (χ0) is 14.0. The van der Waals surface area contributed by atoms with Crippen LogP contribution in [-0.4, -0.2) is 31.3 Å². The third-order valence-electron chi connectivity index (χ3n) is 2.15. The number of ether oxygens (including phenoxy) is 2. The molecule has 1 amide bonds. The summed E-state index contributed by atoms with van der Waals surface area (Å²) in [5, 5.41) is 2.60. The van der Waals surface area contributed by atoms with Crippen molar-refractivity contribution in [2.24, 2.45) is 5.92 Å². The molecule has 0 bridgehead atoms. The van der Waals surface area contributed by atoms with Gasteiger partial charge in [-0.05, 0) is 19.3 Å². The van der Waals surface area contributed by atoms with Gasteiger partial charge in [0, 0.05) is 6.04 Å². The monoisotopic (exact) mass is 259 g/mol. The van der Waals surface area contributed by atoms with Crippen molar-refractivity contribution in [1.82, 2.24) is 5.32 Å². The molecular formula is C13H25NO4. The van der Waals surface area contributed by atoms with Crippen molar-refractivity contribution in [3.8, 4) is 0 Å². The van der Waals surface area contributed by atoms with Gasteiger partial charge in [-0.3, -0.25) is 4.79 Å². The second-order valence-corrected chi connectivity index (χ2v) is 4.82. The summed E-state index contributed by atoms with van der Waals surface area (Å²) in [6.45, 7) is 8.53. The number of alkyl carbamates (subject to hydrolysis) is 1. The summed E-state index contributed by atoms with van der Waals surface area (Å²) in [6, 6.07) is -0.279. The predicted molar refractivity (Wildman–Crippen MR) is 69.3 cm³/mol. The molecule has 0 aromatic heterocycles. The fraction of sp³-hybridized carbons (Fsp3) is 0.846. The van der Waals surface area contributed by atoms with E-state index in [0.29, 0.717) is 19.1 Å². The molecule has 1 N–H and O–H groups in total. The van der Waals surface area contributed by atoms with Crippen LogP contribution in [0.3, 0.4) is 0 Å². The molecule has 0 aliphatic carbocycles. The fourth-order valence-corrected chi connectivity index (χ4v) is 1.17. The highest BCUT2D eigenvalue weighted by molar-refractivity contribution is 5.72. The Balaban J connectivity index is 3.71. The Bertz CT molecular complexity index is 253. The molecule has 0 aromatic carbocycles. The zero-order valence-electron chi connectivity index (χ0n) is 11.8. The lowest BCUT2D eigenvalue weighted by molar-refractivity contribution is -0.145. The first-order valence-electron chi connectivity index (χ1n) is 6.54. The van der Waals surface area contributed by atoms with Gasteiger partial charge in [0.15, 0.2) is 0 Å². The fourth-order valence-electron chi connectivity index (χ4n) is 1.17. The van der Waals surface area contributed by atoms with Crippen molar-refractivity contribution in [2.75, 3.05) is 13.2 Å². The molecular weight excluding hydrogens is 234 g/mol. The van der Waals surface area contributed by atoms with E-state index >= 15 is 0 Å². The van der Waals surface area contributed by atoms with Gasteiger partial charge in [0.2, 0.25) is 0 Å². The molecule has 0 heterocycles. The lowest BCUT2D eigenvalue weighted by atomic mass is 10.2. The third kappa shape index (κ3) is 9.93. The highest BCUT2D eigenvalue weighted by Crippen LogP contribution is 1.99. The molecule has 18 heavy (non-hydrogen) atoms. The SMILES string of the molecule is CCCCOC(=O)NC(C)CC(=O)OCC(C)C. The molecule has 0 aromatic rings. The van der Waals surface area contributed by atoms with E-state index < -0.39 is 6.09 Å². The maximum absolute atomic E-state index is 11.4. The number of nitrogens with one attached hydrogen (secondary N) is 1. The second kappa shape index (κ2) is 9.74. The molecule has 0 spiro atoms.